The number of amides is 1. The van der Waals surface area contributed by atoms with Crippen molar-refractivity contribution in [2.24, 2.45) is 5.41 Å². The molecule has 1 rings (SSSR count). The highest BCUT2D eigenvalue weighted by Gasteiger charge is 2.38. The first-order valence-electron chi connectivity index (χ1n) is 6.08. The van der Waals surface area contributed by atoms with Crippen LogP contribution in [0.1, 0.15) is 33.1 Å². The molecule has 1 aliphatic heterocycles. The number of carbonyl (C=O) groups is 2. The molecule has 98 valence electrons. The van der Waals surface area contributed by atoms with Gasteiger partial charge in [-0.25, -0.2) is 0 Å². The summed E-state index contributed by atoms with van der Waals surface area (Å²) >= 11 is 0. The Bertz CT molecular complexity index is 284. The van der Waals surface area contributed by atoms with Crippen LogP contribution in [0.3, 0.4) is 0 Å². The molecule has 0 saturated carbocycles. The SMILES string of the molecule is CCN(CCC(=O)O)C(=O)C1(C)CCCOC1. The van der Waals surface area contributed by atoms with E-state index in [4.69, 9.17) is 9.84 Å². The fourth-order valence-electron chi connectivity index (χ4n) is 2.12. The van der Waals surface area contributed by atoms with E-state index in [1.807, 2.05) is 13.8 Å². The maximum Gasteiger partial charge on any atom is 0.305 e. The number of rotatable bonds is 5. The smallest absolute Gasteiger partial charge is 0.305 e. The summed E-state index contributed by atoms with van der Waals surface area (Å²) in [6.45, 7) is 5.74. The molecule has 1 fully saturated rings. The summed E-state index contributed by atoms with van der Waals surface area (Å²) in [4.78, 5) is 24.5. The molecule has 5 heteroatoms. The quantitative estimate of drug-likeness (QED) is 0.786. The highest BCUT2D eigenvalue weighted by atomic mass is 16.5. The number of aliphatic carboxylic acids is 1. The average molecular weight is 243 g/mol. The Morgan fingerprint density at radius 2 is 2.18 bits per heavy atom. The normalized spacial score (nSPS) is 24.4. The number of ether oxygens (including phenoxy) is 1. The van der Waals surface area contributed by atoms with Crippen LogP contribution in [-0.2, 0) is 14.3 Å². The standard InChI is InChI=1S/C12H21NO4/c1-3-13(7-5-10(14)15)11(16)12(2)6-4-8-17-9-12/h3-9H2,1-2H3,(H,14,15). The molecule has 0 radical (unpaired) electrons. The molecule has 0 aliphatic carbocycles. The van der Waals surface area contributed by atoms with E-state index in [0.29, 0.717) is 19.8 Å². The fraction of sp³-hybridized carbons (Fsp3) is 0.833. The molecule has 1 heterocycles. The molecule has 1 amide bonds. The summed E-state index contributed by atoms with van der Waals surface area (Å²) in [6, 6.07) is 0. The third-order valence-corrected chi connectivity index (χ3v) is 3.22. The number of hydrogen-bond acceptors (Lipinski definition) is 3. The summed E-state index contributed by atoms with van der Waals surface area (Å²) < 4.78 is 5.36. The van der Waals surface area contributed by atoms with Gasteiger partial charge in [0.15, 0.2) is 0 Å². The van der Waals surface area contributed by atoms with E-state index < -0.39 is 11.4 Å². The summed E-state index contributed by atoms with van der Waals surface area (Å²) in [5.74, 6) is -0.859. The molecule has 0 aromatic rings. The summed E-state index contributed by atoms with van der Waals surface area (Å²) in [5, 5.41) is 8.65. The van der Waals surface area contributed by atoms with E-state index >= 15 is 0 Å². The highest BCUT2D eigenvalue weighted by Crippen LogP contribution is 2.30. The third-order valence-electron chi connectivity index (χ3n) is 3.22. The molecule has 1 atom stereocenters. The minimum Gasteiger partial charge on any atom is -0.481 e. The predicted molar refractivity (Wildman–Crippen MR) is 62.7 cm³/mol. The van der Waals surface area contributed by atoms with E-state index in [9.17, 15) is 9.59 Å². The van der Waals surface area contributed by atoms with Crippen molar-refractivity contribution in [2.45, 2.75) is 33.1 Å². The minimum absolute atomic E-state index is 0.00346. The van der Waals surface area contributed by atoms with Gasteiger partial charge in [0.2, 0.25) is 5.91 Å². The van der Waals surface area contributed by atoms with Crippen molar-refractivity contribution in [3.63, 3.8) is 0 Å². The van der Waals surface area contributed by atoms with Crippen molar-refractivity contribution >= 4 is 11.9 Å². The van der Waals surface area contributed by atoms with Crippen molar-refractivity contribution < 1.29 is 19.4 Å². The Morgan fingerprint density at radius 3 is 2.65 bits per heavy atom. The van der Waals surface area contributed by atoms with Crippen LogP contribution in [0.5, 0.6) is 0 Å². The van der Waals surface area contributed by atoms with Crippen LogP contribution >= 0.6 is 0 Å². The van der Waals surface area contributed by atoms with Gasteiger partial charge in [0.1, 0.15) is 0 Å². The van der Waals surface area contributed by atoms with Crippen LogP contribution in [0.4, 0.5) is 0 Å². The molecule has 1 unspecified atom stereocenters. The topological polar surface area (TPSA) is 66.8 Å². The molecule has 0 aromatic heterocycles. The Hall–Kier alpha value is -1.10. The number of carbonyl (C=O) groups excluding carboxylic acids is 1. The van der Waals surface area contributed by atoms with E-state index in [2.05, 4.69) is 0 Å². The van der Waals surface area contributed by atoms with E-state index in [1.165, 1.54) is 0 Å². The van der Waals surface area contributed by atoms with E-state index in [1.54, 1.807) is 4.90 Å². The zero-order valence-corrected chi connectivity index (χ0v) is 10.6. The monoisotopic (exact) mass is 243 g/mol. The lowest BCUT2D eigenvalue weighted by Crippen LogP contribution is -2.47. The van der Waals surface area contributed by atoms with Gasteiger partial charge < -0.3 is 14.7 Å². The predicted octanol–water partition coefficient (Wildman–Crippen LogP) is 1.13. The molecule has 1 saturated heterocycles. The van der Waals surface area contributed by atoms with Gasteiger partial charge in [-0.3, -0.25) is 9.59 Å². The first-order valence-corrected chi connectivity index (χ1v) is 6.08. The first kappa shape index (κ1) is 14.0. The number of hydrogen-bond donors (Lipinski definition) is 1. The molecule has 0 aromatic carbocycles. The summed E-state index contributed by atoms with van der Waals surface area (Å²) in [6.07, 6.45) is 1.70. The molecule has 0 bridgehead atoms. The third kappa shape index (κ3) is 3.70. The van der Waals surface area contributed by atoms with Crippen LogP contribution in [0.25, 0.3) is 0 Å². The Balaban J connectivity index is 2.60. The van der Waals surface area contributed by atoms with Crippen LogP contribution in [0, 0.1) is 5.41 Å². The molecule has 0 spiro atoms. The lowest BCUT2D eigenvalue weighted by Gasteiger charge is -2.36. The van der Waals surface area contributed by atoms with Gasteiger partial charge >= 0.3 is 5.97 Å². The zero-order chi connectivity index (χ0) is 12.9. The van der Waals surface area contributed by atoms with Gasteiger partial charge in [0, 0.05) is 19.7 Å². The lowest BCUT2D eigenvalue weighted by atomic mass is 9.83. The maximum atomic E-state index is 12.3. The molecule has 5 nitrogen and oxygen atoms in total. The molecule has 1 aliphatic rings. The number of nitrogens with zero attached hydrogens (tertiary/aromatic N) is 1. The van der Waals surface area contributed by atoms with Crippen molar-refractivity contribution in [1.82, 2.24) is 4.90 Å². The zero-order valence-electron chi connectivity index (χ0n) is 10.6. The van der Waals surface area contributed by atoms with Crippen LogP contribution < -0.4 is 0 Å². The Kier molecular flexibility index (Phi) is 4.93. The second-order valence-corrected chi connectivity index (χ2v) is 4.75. The fourth-order valence-corrected chi connectivity index (χ4v) is 2.12. The van der Waals surface area contributed by atoms with Crippen LogP contribution in [0.15, 0.2) is 0 Å². The van der Waals surface area contributed by atoms with Gasteiger partial charge in [-0.1, -0.05) is 0 Å². The van der Waals surface area contributed by atoms with Crippen molar-refractivity contribution in [3.8, 4) is 0 Å². The van der Waals surface area contributed by atoms with Gasteiger partial charge in [-0.15, -0.1) is 0 Å². The van der Waals surface area contributed by atoms with Crippen LogP contribution in [-0.4, -0.2) is 48.2 Å². The minimum atomic E-state index is -0.874. The van der Waals surface area contributed by atoms with Crippen molar-refractivity contribution in [3.05, 3.63) is 0 Å². The number of carboxylic acid groups (broad SMARTS) is 1. The van der Waals surface area contributed by atoms with E-state index in [0.717, 1.165) is 12.8 Å². The van der Waals surface area contributed by atoms with Gasteiger partial charge in [-0.2, -0.15) is 0 Å². The van der Waals surface area contributed by atoms with Gasteiger partial charge in [0.25, 0.3) is 0 Å². The maximum absolute atomic E-state index is 12.3. The second-order valence-electron chi connectivity index (χ2n) is 4.75. The largest absolute Gasteiger partial charge is 0.481 e. The van der Waals surface area contributed by atoms with Gasteiger partial charge in [0.05, 0.1) is 18.4 Å². The first-order chi connectivity index (χ1) is 7.99. The Labute approximate surface area is 102 Å². The molecular weight excluding hydrogens is 222 g/mol. The highest BCUT2D eigenvalue weighted by molar-refractivity contribution is 5.83. The Morgan fingerprint density at radius 1 is 1.47 bits per heavy atom. The molecule has 1 N–H and O–H groups in total. The van der Waals surface area contributed by atoms with Crippen molar-refractivity contribution in [2.75, 3.05) is 26.3 Å². The van der Waals surface area contributed by atoms with E-state index in [-0.39, 0.29) is 18.9 Å². The summed E-state index contributed by atoms with van der Waals surface area (Å²) in [5.41, 5.74) is -0.479. The lowest BCUT2D eigenvalue weighted by molar-refractivity contribution is -0.149. The average Bonchev–Trinajstić information content (AvgIpc) is 2.30. The van der Waals surface area contributed by atoms with Crippen LogP contribution in [0.2, 0.25) is 0 Å². The van der Waals surface area contributed by atoms with Crippen molar-refractivity contribution in [1.29, 1.82) is 0 Å². The summed E-state index contributed by atoms with van der Waals surface area (Å²) in [7, 11) is 0. The molecular formula is C12H21NO4. The number of carboxylic acids is 1. The second kappa shape index (κ2) is 6.00. The van der Waals surface area contributed by atoms with Gasteiger partial charge in [-0.05, 0) is 26.7 Å². The molecule has 17 heavy (non-hydrogen) atoms.